The summed E-state index contributed by atoms with van der Waals surface area (Å²) in [6.07, 6.45) is 7.34. The van der Waals surface area contributed by atoms with E-state index in [1.807, 2.05) is 13.0 Å². The zero-order chi connectivity index (χ0) is 23.7. The molecular weight excluding hydrogens is 466 g/mol. The Balaban J connectivity index is 1.41. The van der Waals surface area contributed by atoms with Crippen LogP contribution in [-0.4, -0.2) is 34.4 Å². The number of aromatic nitrogens is 2. The first-order chi connectivity index (χ1) is 16.6. The van der Waals surface area contributed by atoms with Crippen molar-refractivity contribution in [3.63, 3.8) is 0 Å². The van der Waals surface area contributed by atoms with E-state index in [0.717, 1.165) is 48.7 Å². The van der Waals surface area contributed by atoms with Crippen molar-refractivity contribution in [1.29, 1.82) is 0 Å². The number of thioether (sulfide) groups is 1. The second-order valence-electron chi connectivity index (χ2n) is 9.15. The van der Waals surface area contributed by atoms with E-state index in [0.29, 0.717) is 18.3 Å². The van der Waals surface area contributed by atoms with E-state index >= 15 is 0 Å². The van der Waals surface area contributed by atoms with E-state index in [1.54, 1.807) is 23.0 Å². The van der Waals surface area contributed by atoms with E-state index < -0.39 is 0 Å². The van der Waals surface area contributed by atoms with Crippen molar-refractivity contribution in [1.82, 2.24) is 14.9 Å². The van der Waals surface area contributed by atoms with Crippen LogP contribution in [0.25, 0.3) is 10.2 Å². The van der Waals surface area contributed by atoms with Crippen LogP contribution in [0.5, 0.6) is 0 Å². The van der Waals surface area contributed by atoms with E-state index in [9.17, 15) is 9.59 Å². The first-order valence-electron chi connectivity index (χ1n) is 12.2. The Labute approximate surface area is 208 Å². The number of methoxy groups -OCH3 is 1. The van der Waals surface area contributed by atoms with Gasteiger partial charge >= 0.3 is 0 Å². The van der Waals surface area contributed by atoms with Gasteiger partial charge in [0, 0.05) is 12.0 Å². The normalized spacial score (nSPS) is 18.4. The van der Waals surface area contributed by atoms with Crippen LogP contribution in [0.15, 0.2) is 34.2 Å². The van der Waals surface area contributed by atoms with Gasteiger partial charge in [-0.25, -0.2) is 4.98 Å². The molecule has 1 amide bonds. The highest BCUT2D eigenvalue weighted by molar-refractivity contribution is 8.00. The fourth-order valence-corrected chi connectivity index (χ4v) is 7.34. The molecular formula is C26H31N3O3S2. The first-order valence-corrected chi connectivity index (χ1v) is 13.8. The molecule has 1 aromatic carbocycles. The maximum absolute atomic E-state index is 13.6. The van der Waals surface area contributed by atoms with Crippen molar-refractivity contribution in [2.75, 3.05) is 13.7 Å². The lowest BCUT2D eigenvalue weighted by atomic mass is 9.88. The van der Waals surface area contributed by atoms with Crippen LogP contribution in [0.1, 0.15) is 60.2 Å². The molecule has 2 unspecified atom stereocenters. The standard InChI is InChI=1S/C26H31N3O3S2/c1-16(23(30)27-20-12-7-9-17-8-3-4-10-18(17)20)33-26-28-24-22(25(31)29(26)14-15-32-2)19-11-5-6-13-21(19)34-24/h3-4,8,10,16,20H,5-7,9,11-15H2,1-2H3,(H,27,30). The topological polar surface area (TPSA) is 73.2 Å². The molecule has 34 heavy (non-hydrogen) atoms. The van der Waals surface area contributed by atoms with Crippen LogP contribution < -0.4 is 10.9 Å². The van der Waals surface area contributed by atoms with E-state index in [-0.39, 0.29) is 22.8 Å². The molecule has 2 aliphatic carbocycles. The summed E-state index contributed by atoms with van der Waals surface area (Å²) >= 11 is 3.01. The summed E-state index contributed by atoms with van der Waals surface area (Å²) in [5.41, 5.74) is 3.73. The van der Waals surface area contributed by atoms with Gasteiger partial charge in [-0.1, -0.05) is 36.0 Å². The predicted molar refractivity (Wildman–Crippen MR) is 138 cm³/mol. The molecule has 3 aromatic rings. The van der Waals surface area contributed by atoms with Crippen LogP contribution in [0.4, 0.5) is 0 Å². The Kier molecular flexibility index (Phi) is 7.09. The molecule has 2 atom stereocenters. The van der Waals surface area contributed by atoms with Gasteiger partial charge < -0.3 is 10.1 Å². The van der Waals surface area contributed by atoms with Gasteiger partial charge in [-0.15, -0.1) is 11.3 Å². The Morgan fingerprint density at radius 3 is 2.94 bits per heavy atom. The number of amides is 1. The Morgan fingerprint density at radius 2 is 2.09 bits per heavy atom. The molecule has 0 fully saturated rings. The number of hydrogen-bond donors (Lipinski definition) is 1. The summed E-state index contributed by atoms with van der Waals surface area (Å²) in [4.78, 5) is 33.8. The van der Waals surface area contributed by atoms with Gasteiger partial charge in [-0.05, 0) is 68.6 Å². The van der Waals surface area contributed by atoms with Crippen molar-refractivity contribution in [2.45, 2.75) is 74.9 Å². The van der Waals surface area contributed by atoms with Crippen molar-refractivity contribution in [3.05, 3.63) is 56.2 Å². The number of aryl methyl sites for hydroxylation is 3. The second kappa shape index (κ2) is 10.2. The molecule has 0 saturated heterocycles. The van der Waals surface area contributed by atoms with Crippen LogP contribution in [0.3, 0.4) is 0 Å². The Hall–Kier alpha value is -2.16. The number of thiophene rings is 1. The average Bonchev–Trinajstić information content (AvgIpc) is 3.22. The zero-order valence-electron chi connectivity index (χ0n) is 19.8. The lowest BCUT2D eigenvalue weighted by molar-refractivity contribution is -0.121. The zero-order valence-corrected chi connectivity index (χ0v) is 21.4. The SMILES string of the molecule is COCCn1c(SC(C)C(=O)NC2CCCc3ccccc32)nc2sc3c(c2c1=O)CCCC3. The van der Waals surface area contributed by atoms with E-state index in [1.165, 1.54) is 39.8 Å². The summed E-state index contributed by atoms with van der Waals surface area (Å²) < 4.78 is 6.98. The Bertz CT molecular complexity index is 1270. The first kappa shape index (κ1) is 23.6. The van der Waals surface area contributed by atoms with Crippen LogP contribution in [0.2, 0.25) is 0 Å². The molecule has 2 aliphatic rings. The van der Waals surface area contributed by atoms with E-state index in [4.69, 9.17) is 9.72 Å². The minimum Gasteiger partial charge on any atom is -0.383 e. The highest BCUT2D eigenvalue weighted by atomic mass is 32.2. The van der Waals surface area contributed by atoms with Gasteiger partial charge in [0.15, 0.2) is 5.16 Å². The van der Waals surface area contributed by atoms with Gasteiger partial charge in [0.05, 0.1) is 29.8 Å². The number of rotatable bonds is 7. The molecule has 6 nitrogen and oxygen atoms in total. The fraction of sp³-hybridized carbons (Fsp3) is 0.500. The molecule has 2 heterocycles. The number of nitrogens with zero attached hydrogens (tertiary/aromatic N) is 2. The summed E-state index contributed by atoms with van der Waals surface area (Å²) in [7, 11) is 1.63. The second-order valence-corrected chi connectivity index (χ2v) is 11.5. The van der Waals surface area contributed by atoms with Crippen LogP contribution in [0, 0.1) is 0 Å². The number of hydrogen-bond acceptors (Lipinski definition) is 6. The van der Waals surface area contributed by atoms with Crippen molar-refractivity contribution in [3.8, 4) is 0 Å². The number of benzene rings is 1. The maximum atomic E-state index is 13.6. The third-order valence-corrected chi connectivity index (χ3v) is 9.17. The van der Waals surface area contributed by atoms with Crippen molar-refractivity contribution in [2.24, 2.45) is 0 Å². The Morgan fingerprint density at radius 1 is 1.26 bits per heavy atom. The highest BCUT2D eigenvalue weighted by Gasteiger charge is 2.27. The van der Waals surface area contributed by atoms with Gasteiger partial charge in [0.2, 0.25) is 5.91 Å². The molecule has 0 saturated carbocycles. The van der Waals surface area contributed by atoms with Gasteiger partial charge in [0.25, 0.3) is 5.56 Å². The molecule has 8 heteroatoms. The molecule has 2 aromatic heterocycles. The summed E-state index contributed by atoms with van der Waals surface area (Å²) in [5.74, 6) is -0.0233. The molecule has 180 valence electrons. The fourth-order valence-electron chi connectivity index (χ4n) is 5.09. The molecule has 5 rings (SSSR count). The number of carbonyl (C=O) groups is 1. The summed E-state index contributed by atoms with van der Waals surface area (Å²) in [5, 5.41) is 4.25. The minimum absolute atomic E-state index is 0.00207. The van der Waals surface area contributed by atoms with Crippen molar-refractivity contribution < 1.29 is 9.53 Å². The minimum atomic E-state index is -0.373. The number of carbonyl (C=O) groups excluding carboxylic acids is 1. The summed E-state index contributed by atoms with van der Waals surface area (Å²) in [6.45, 7) is 2.74. The lowest BCUT2D eigenvalue weighted by Gasteiger charge is -2.27. The average molecular weight is 498 g/mol. The lowest BCUT2D eigenvalue weighted by Crippen LogP contribution is -2.36. The maximum Gasteiger partial charge on any atom is 0.263 e. The third-order valence-electron chi connectivity index (χ3n) is 6.90. The monoisotopic (exact) mass is 497 g/mol. The highest BCUT2D eigenvalue weighted by Crippen LogP contribution is 2.35. The number of nitrogens with one attached hydrogen (secondary N) is 1. The molecule has 0 aliphatic heterocycles. The van der Waals surface area contributed by atoms with Gasteiger partial charge in [-0.2, -0.15) is 0 Å². The molecule has 0 radical (unpaired) electrons. The van der Waals surface area contributed by atoms with Crippen molar-refractivity contribution >= 4 is 39.2 Å². The number of ether oxygens (including phenoxy) is 1. The third kappa shape index (κ3) is 4.55. The summed E-state index contributed by atoms with van der Waals surface area (Å²) in [6, 6.07) is 8.41. The predicted octanol–water partition coefficient (Wildman–Crippen LogP) is 4.66. The van der Waals surface area contributed by atoms with Crippen LogP contribution in [-0.2, 0) is 35.3 Å². The van der Waals surface area contributed by atoms with Crippen LogP contribution >= 0.6 is 23.1 Å². The molecule has 0 bridgehead atoms. The smallest absolute Gasteiger partial charge is 0.263 e. The molecule has 0 spiro atoms. The quantitative estimate of drug-likeness (QED) is 0.380. The largest absolute Gasteiger partial charge is 0.383 e. The van der Waals surface area contributed by atoms with Gasteiger partial charge in [-0.3, -0.25) is 14.2 Å². The number of fused-ring (bicyclic) bond motifs is 4. The van der Waals surface area contributed by atoms with E-state index in [2.05, 4.69) is 23.5 Å². The van der Waals surface area contributed by atoms with Gasteiger partial charge in [0.1, 0.15) is 4.83 Å². The molecule has 1 N–H and O–H groups in total.